The molecule has 0 spiro atoms. The first-order chi connectivity index (χ1) is 11.7. The van der Waals surface area contributed by atoms with Crippen molar-refractivity contribution >= 4 is 5.91 Å². The fourth-order valence-corrected chi connectivity index (χ4v) is 2.52. The third-order valence-corrected chi connectivity index (χ3v) is 3.68. The lowest BCUT2D eigenvalue weighted by atomic mass is 10.0. The number of pyridine rings is 1. The Kier molecular flexibility index (Phi) is 4.56. The van der Waals surface area contributed by atoms with Crippen LogP contribution in [0.25, 0.3) is 0 Å². The number of methoxy groups -OCH3 is 1. The van der Waals surface area contributed by atoms with Crippen molar-refractivity contribution in [3.8, 4) is 5.75 Å². The smallest absolute Gasteiger partial charge is 0.255 e. The Labute approximate surface area is 140 Å². The van der Waals surface area contributed by atoms with Crippen LogP contribution in [-0.4, -0.2) is 27.8 Å². The first kappa shape index (κ1) is 15.7. The Balaban J connectivity index is 1.98. The van der Waals surface area contributed by atoms with Gasteiger partial charge in [0.05, 0.1) is 24.6 Å². The van der Waals surface area contributed by atoms with Gasteiger partial charge in [-0.2, -0.15) is 5.10 Å². The maximum Gasteiger partial charge on any atom is 0.255 e. The molecular weight excluding hydrogens is 304 g/mol. The number of ether oxygens (including phenoxy) is 1. The van der Waals surface area contributed by atoms with Crippen LogP contribution in [-0.2, 0) is 7.05 Å². The summed E-state index contributed by atoms with van der Waals surface area (Å²) in [7, 11) is 3.38. The van der Waals surface area contributed by atoms with Crippen molar-refractivity contribution in [3.05, 3.63) is 77.9 Å². The molecule has 0 aliphatic rings. The summed E-state index contributed by atoms with van der Waals surface area (Å²) in [6.45, 7) is 0. The topological polar surface area (TPSA) is 69.0 Å². The minimum absolute atomic E-state index is 0.218. The van der Waals surface area contributed by atoms with Gasteiger partial charge in [-0.3, -0.25) is 14.5 Å². The van der Waals surface area contributed by atoms with Gasteiger partial charge in [-0.05, 0) is 18.2 Å². The van der Waals surface area contributed by atoms with Crippen LogP contribution in [0.3, 0.4) is 0 Å². The molecule has 122 valence electrons. The Morgan fingerprint density at radius 3 is 2.67 bits per heavy atom. The third kappa shape index (κ3) is 3.27. The number of aromatic nitrogens is 3. The van der Waals surface area contributed by atoms with Gasteiger partial charge in [0.25, 0.3) is 5.91 Å². The number of aryl methyl sites for hydroxylation is 1. The molecule has 2 heterocycles. The fraction of sp³-hybridized carbons (Fsp3) is 0.167. The van der Waals surface area contributed by atoms with Crippen LogP contribution in [0.15, 0.2) is 61.1 Å². The van der Waals surface area contributed by atoms with Gasteiger partial charge in [-0.15, -0.1) is 0 Å². The number of hydrogen-bond donors (Lipinski definition) is 1. The van der Waals surface area contributed by atoms with E-state index in [9.17, 15) is 4.79 Å². The van der Waals surface area contributed by atoms with E-state index >= 15 is 0 Å². The van der Waals surface area contributed by atoms with E-state index < -0.39 is 6.04 Å². The van der Waals surface area contributed by atoms with Crippen molar-refractivity contribution in [2.75, 3.05) is 7.11 Å². The maximum absolute atomic E-state index is 12.6. The average molecular weight is 322 g/mol. The minimum Gasteiger partial charge on any atom is -0.496 e. The van der Waals surface area contributed by atoms with E-state index in [-0.39, 0.29) is 5.91 Å². The number of carbonyl (C=O) groups is 1. The molecule has 1 atom stereocenters. The van der Waals surface area contributed by atoms with Gasteiger partial charge in [-0.25, -0.2) is 0 Å². The molecule has 3 aromatic rings. The number of para-hydroxylation sites is 1. The Bertz CT molecular complexity index is 830. The Hall–Kier alpha value is -3.15. The number of amides is 1. The van der Waals surface area contributed by atoms with Crippen LogP contribution in [0.2, 0.25) is 0 Å². The van der Waals surface area contributed by atoms with Crippen molar-refractivity contribution < 1.29 is 9.53 Å². The lowest BCUT2D eigenvalue weighted by Gasteiger charge is -2.20. The highest BCUT2D eigenvalue weighted by atomic mass is 16.5. The lowest BCUT2D eigenvalue weighted by Crippen LogP contribution is -2.30. The molecular formula is C18H18N4O2. The standard InChI is InChI=1S/C18H18N4O2/c1-22-12-13(11-20-22)18(23)21-17(15-8-5-6-10-19-15)14-7-3-4-9-16(14)24-2/h3-12,17H,1-2H3,(H,21,23). The quantitative estimate of drug-likeness (QED) is 0.783. The summed E-state index contributed by atoms with van der Waals surface area (Å²) < 4.78 is 7.03. The molecule has 6 nitrogen and oxygen atoms in total. The summed E-state index contributed by atoms with van der Waals surface area (Å²) in [5.74, 6) is 0.476. The van der Waals surface area contributed by atoms with Gasteiger partial charge in [0.15, 0.2) is 0 Å². The predicted molar refractivity (Wildman–Crippen MR) is 89.7 cm³/mol. The van der Waals surface area contributed by atoms with Crippen LogP contribution in [0, 0.1) is 0 Å². The Morgan fingerprint density at radius 2 is 2.00 bits per heavy atom. The SMILES string of the molecule is COc1ccccc1C(NC(=O)c1cnn(C)c1)c1ccccn1. The second kappa shape index (κ2) is 6.95. The van der Waals surface area contributed by atoms with Gasteiger partial charge in [0.2, 0.25) is 0 Å². The highest BCUT2D eigenvalue weighted by molar-refractivity contribution is 5.94. The summed E-state index contributed by atoms with van der Waals surface area (Å²) >= 11 is 0. The number of nitrogens with zero attached hydrogens (tertiary/aromatic N) is 3. The molecule has 0 radical (unpaired) electrons. The molecule has 6 heteroatoms. The average Bonchev–Trinajstić information content (AvgIpc) is 3.07. The monoisotopic (exact) mass is 322 g/mol. The summed E-state index contributed by atoms with van der Waals surface area (Å²) in [5, 5.41) is 7.06. The van der Waals surface area contributed by atoms with Gasteiger partial charge in [0.1, 0.15) is 11.8 Å². The predicted octanol–water partition coefficient (Wildman–Crippen LogP) is 2.34. The van der Waals surface area contributed by atoms with E-state index in [0.29, 0.717) is 11.3 Å². The molecule has 1 aromatic carbocycles. The summed E-state index contributed by atoms with van der Waals surface area (Å²) in [4.78, 5) is 17.0. The van der Waals surface area contributed by atoms with E-state index in [1.54, 1.807) is 31.2 Å². The van der Waals surface area contributed by atoms with Gasteiger partial charge in [-0.1, -0.05) is 24.3 Å². The normalized spacial score (nSPS) is 11.8. The molecule has 0 bridgehead atoms. The van der Waals surface area contributed by atoms with Crippen molar-refractivity contribution in [3.63, 3.8) is 0 Å². The van der Waals surface area contributed by atoms with Crippen LogP contribution in [0.4, 0.5) is 0 Å². The van der Waals surface area contributed by atoms with Crippen molar-refractivity contribution in [1.82, 2.24) is 20.1 Å². The molecule has 0 aliphatic carbocycles. The molecule has 2 aromatic heterocycles. The van der Waals surface area contributed by atoms with E-state index in [4.69, 9.17) is 4.74 Å². The number of nitrogens with one attached hydrogen (secondary N) is 1. The second-order valence-corrected chi connectivity index (χ2v) is 5.31. The summed E-state index contributed by atoms with van der Waals surface area (Å²) in [5.41, 5.74) is 2.07. The number of hydrogen-bond acceptors (Lipinski definition) is 4. The van der Waals surface area contributed by atoms with Crippen LogP contribution in [0.1, 0.15) is 27.7 Å². The number of carbonyl (C=O) groups excluding carboxylic acids is 1. The van der Waals surface area contributed by atoms with Crippen LogP contribution < -0.4 is 10.1 Å². The molecule has 3 rings (SSSR count). The van der Waals surface area contributed by atoms with Gasteiger partial charge < -0.3 is 10.1 Å². The highest BCUT2D eigenvalue weighted by Crippen LogP contribution is 2.29. The molecule has 0 saturated carbocycles. The first-order valence-electron chi connectivity index (χ1n) is 7.52. The first-order valence-corrected chi connectivity index (χ1v) is 7.52. The summed E-state index contributed by atoms with van der Waals surface area (Å²) in [6.07, 6.45) is 4.91. The molecule has 0 aliphatic heterocycles. The van der Waals surface area contributed by atoms with E-state index in [2.05, 4.69) is 15.4 Å². The molecule has 0 saturated heterocycles. The molecule has 1 N–H and O–H groups in total. The number of benzene rings is 1. The third-order valence-electron chi connectivity index (χ3n) is 3.68. The number of rotatable bonds is 5. The van der Waals surface area contributed by atoms with Crippen LogP contribution in [0.5, 0.6) is 5.75 Å². The zero-order valence-electron chi connectivity index (χ0n) is 13.5. The molecule has 1 unspecified atom stereocenters. The maximum atomic E-state index is 12.6. The molecule has 0 fully saturated rings. The lowest BCUT2D eigenvalue weighted by molar-refractivity contribution is 0.0942. The van der Waals surface area contributed by atoms with E-state index in [0.717, 1.165) is 11.3 Å². The van der Waals surface area contributed by atoms with E-state index in [1.165, 1.54) is 6.20 Å². The Morgan fingerprint density at radius 1 is 1.21 bits per heavy atom. The molecule has 1 amide bonds. The minimum atomic E-state index is -0.421. The van der Waals surface area contributed by atoms with Crippen molar-refractivity contribution in [2.24, 2.45) is 7.05 Å². The van der Waals surface area contributed by atoms with E-state index in [1.807, 2.05) is 42.5 Å². The highest BCUT2D eigenvalue weighted by Gasteiger charge is 2.22. The van der Waals surface area contributed by atoms with Crippen LogP contribution >= 0.6 is 0 Å². The summed E-state index contributed by atoms with van der Waals surface area (Å²) in [6, 6.07) is 12.8. The zero-order valence-corrected chi connectivity index (χ0v) is 13.5. The van der Waals surface area contributed by atoms with Gasteiger partial charge >= 0.3 is 0 Å². The largest absolute Gasteiger partial charge is 0.496 e. The zero-order chi connectivity index (χ0) is 16.9. The molecule has 24 heavy (non-hydrogen) atoms. The fourth-order valence-electron chi connectivity index (χ4n) is 2.52. The van der Waals surface area contributed by atoms with Gasteiger partial charge in [0, 0.05) is 25.0 Å². The van der Waals surface area contributed by atoms with Crippen molar-refractivity contribution in [1.29, 1.82) is 0 Å². The van der Waals surface area contributed by atoms with Crippen molar-refractivity contribution in [2.45, 2.75) is 6.04 Å². The second-order valence-electron chi connectivity index (χ2n) is 5.31.